The molecule has 3 aromatic rings. The highest BCUT2D eigenvalue weighted by atomic mass is 32.2. The van der Waals surface area contributed by atoms with Crippen molar-refractivity contribution in [3.8, 4) is 0 Å². The van der Waals surface area contributed by atoms with Gasteiger partial charge in [-0.1, -0.05) is 55.8 Å². The lowest BCUT2D eigenvalue weighted by Crippen LogP contribution is -2.47. The maximum absolute atomic E-state index is 13.1. The van der Waals surface area contributed by atoms with E-state index in [9.17, 15) is 23.3 Å². The minimum absolute atomic E-state index is 0.0902. The van der Waals surface area contributed by atoms with Gasteiger partial charge in [-0.25, -0.2) is 8.42 Å². The molecule has 1 aromatic heterocycles. The second kappa shape index (κ2) is 14.8. The summed E-state index contributed by atoms with van der Waals surface area (Å²) in [6, 6.07) is 19.3. The molecule has 11 heteroatoms. The van der Waals surface area contributed by atoms with Gasteiger partial charge in [0.15, 0.2) is 0 Å². The fourth-order valence-corrected chi connectivity index (χ4v) is 7.44. The lowest BCUT2D eigenvalue weighted by Gasteiger charge is -2.34. The second-order valence-corrected chi connectivity index (χ2v) is 12.9. The Bertz CT molecular complexity index is 1380. The zero-order valence-corrected chi connectivity index (χ0v) is 24.2. The third kappa shape index (κ3) is 8.56. The molecule has 0 radical (unpaired) electrons. The fourth-order valence-electron chi connectivity index (χ4n) is 4.33. The third-order valence-corrected chi connectivity index (χ3v) is 10.1. The molecular weight excluding hydrogens is 548 g/mol. The largest absolute Gasteiger partial charge is 0.347 e. The van der Waals surface area contributed by atoms with E-state index in [4.69, 9.17) is 5.73 Å². The molecule has 0 aliphatic carbocycles. The molecule has 1 aliphatic rings. The number of aryl methyl sites for hydroxylation is 1. The topological polar surface area (TPSA) is 136 Å². The van der Waals surface area contributed by atoms with Crippen LogP contribution in [0.2, 0.25) is 0 Å². The summed E-state index contributed by atoms with van der Waals surface area (Å²) in [4.78, 5) is 25.1. The number of carbonyl (C=O) groups excluding carboxylic acids is 1. The highest BCUT2D eigenvalue weighted by Crippen LogP contribution is 2.28. The maximum atomic E-state index is 13.1. The summed E-state index contributed by atoms with van der Waals surface area (Å²) in [6.45, 7) is 7.21. The van der Waals surface area contributed by atoms with Crippen LogP contribution in [0.5, 0.6) is 0 Å². The minimum Gasteiger partial charge on any atom is -0.347 e. The van der Waals surface area contributed by atoms with Crippen LogP contribution in [-0.4, -0.2) is 48.7 Å². The Morgan fingerprint density at radius 2 is 1.88 bits per heavy atom. The van der Waals surface area contributed by atoms with Crippen molar-refractivity contribution in [2.45, 2.75) is 54.8 Å². The number of piperidine rings is 1. The molecule has 1 fully saturated rings. The van der Waals surface area contributed by atoms with Crippen LogP contribution in [0.3, 0.4) is 0 Å². The second-order valence-electron chi connectivity index (χ2n) is 9.49. The van der Waals surface area contributed by atoms with Gasteiger partial charge < -0.3 is 11.1 Å². The molecule has 0 bridgehead atoms. The third-order valence-electron chi connectivity index (χ3n) is 6.49. The highest BCUT2D eigenvalue weighted by molar-refractivity contribution is 7.94. The number of benzene rings is 2. The monoisotopic (exact) mass is 584 g/mol. The van der Waals surface area contributed by atoms with Gasteiger partial charge in [0.05, 0.1) is 11.5 Å². The van der Waals surface area contributed by atoms with Gasteiger partial charge in [0.2, 0.25) is 9.84 Å². The van der Waals surface area contributed by atoms with Crippen molar-refractivity contribution in [2.24, 2.45) is 5.73 Å². The standard InChI is InChI=1S/C20H24N4O5S2.C9H12/c1-2-18(23-10-8-15(21)9-11-23)31(28,29)19-7-6-17(30-19)13-22-20(25)14-4-3-5-16(12-14)24(26)27;1-2-6-9-7-4-3-5-8-9/h2-7,12,15,18H,1,8-11,13,21H2,(H,22,25);3-5,7-8H,2,6H2,1H3. The maximum Gasteiger partial charge on any atom is 0.270 e. The predicted molar refractivity (Wildman–Crippen MR) is 159 cm³/mol. The first-order valence-electron chi connectivity index (χ1n) is 13.2. The molecule has 1 unspecified atom stereocenters. The van der Waals surface area contributed by atoms with E-state index in [0.717, 1.165) is 24.2 Å². The Morgan fingerprint density at radius 3 is 2.50 bits per heavy atom. The van der Waals surface area contributed by atoms with E-state index in [0.29, 0.717) is 18.0 Å². The van der Waals surface area contributed by atoms with E-state index in [2.05, 4.69) is 49.2 Å². The molecule has 9 nitrogen and oxygen atoms in total. The van der Waals surface area contributed by atoms with Gasteiger partial charge in [-0.3, -0.25) is 19.8 Å². The normalized spacial score (nSPS) is 14.9. The number of hydrogen-bond donors (Lipinski definition) is 2. The van der Waals surface area contributed by atoms with Gasteiger partial charge in [-0.15, -0.1) is 17.9 Å². The molecule has 1 aliphatic heterocycles. The van der Waals surface area contributed by atoms with E-state index < -0.39 is 26.0 Å². The van der Waals surface area contributed by atoms with Crippen LogP contribution >= 0.6 is 11.3 Å². The van der Waals surface area contributed by atoms with Gasteiger partial charge >= 0.3 is 0 Å². The van der Waals surface area contributed by atoms with Crippen LogP contribution in [0, 0.1) is 10.1 Å². The van der Waals surface area contributed by atoms with Crippen molar-refractivity contribution in [2.75, 3.05) is 13.1 Å². The molecular formula is C29H36N4O5S2. The molecule has 1 saturated heterocycles. The van der Waals surface area contributed by atoms with Gasteiger partial charge in [-0.05, 0) is 43.0 Å². The summed E-state index contributed by atoms with van der Waals surface area (Å²) in [5.74, 6) is -0.477. The van der Waals surface area contributed by atoms with Gasteiger partial charge in [0.25, 0.3) is 11.6 Å². The molecule has 4 rings (SSSR count). The summed E-state index contributed by atoms with van der Waals surface area (Å²) in [6.07, 6.45) is 5.36. The number of hydrogen-bond acceptors (Lipinski definition) is 8. The summed E-state index contributed by atoms with van der Waals surface area (Å²) in [5.41, 5.74) is 7.35. The Hall–Kier alpha value is -3.38. The Kier molecular flexibility index (Phi) is 11.6. The number of nitrogens with one attached hydrogen (secondary N) is 1. The van der Waals surface area contributed by atoms with Crippen molar-refractivity contribution in [1.82, 2.24) is 10.2 Å². The number of carbonyl (C=O) groups is 1. The first-order chi connectivity index (χ1) is 19.1. The lowest BCUT2D eigenvalue weighted by molar-refractivity contribution is -0.384. The number of sulfone groups is 1. The van der Waals surface area contributed by atoms with E-state index in [1.165, 1.54) is 54.8 Å². The fraction of sp³-hybridized carbons (Fsp3) is 0.345. The number of nitro benzene ring substituents is 1. The van der Waals surface area contributed by atoms with Crippen molar-refractivity contribution in [3.63, 3.8) is 0 Å². The zero-order valence-electron chi connectivity index (χ0n) is 22.6. The summed E-state index contributed by atoms with van der Waals surface area (Å²) in [5, 5.41) is 12.7. The number of nitrogens with zero attached hydrogens (tertiary/aromatic N) is 2. The SMILES string of the molecule is C=CC(N1CCC(N)CC1)S(=O)(=O)c1ccc(CNC(=O)c2cccc([N+](=O)[O-])c2)s1.CCCc1ccccc1. The molecule has 1 atom stereocenters. The molecule has 2 heterocycles. The number of thiophene rings is 1. The average Bonchev–Trinajstić information content (AvgIpc) is 3.44. The van der Waals surface area contributed by atoms with Crippen LogP contribution < -0.4 is 11.1 Å². The van der Waals surface area contributed by atoms with E-state index in [1.807, 2.05) is 4.90 Å². The molecule has 3 N–H and O–H groups in total. The Labute approximate surface area is 239 Å². The number of nitro groups is 1. The van der Waals surface area contributed by atoms with Gasteiger partial charge in [0.1, 0.15) is 9.58 Å². The number of amides is 1. The van der Waals surface area contributed by atoms with Crippen molar-refractivity contribution >= 4 is 32.8 Å². The number of non-ortho nitro benzene ring substituents is 1. The lowest BCUT2D eigenvalue weighted by atomic mass is 10.1. The molecule has 214 valence electrons. The van der Waals surface area contributed by atoms with Crippen LogP contribution in [-0.2, 0) is 22.8 Å². The summed E-state index contributed by atoms with van der Waals surface area (Å²) >= 11 is 1.08. The van der Waals surface area contributed by atoms with Crippen molar-refractivity contribution in [3.05, 3.63) is 106 Å². The van der Waals surface area contributed by atoms with Crippen LogP contribution in [0.25, 0.3) is 0 Å². The zero-order chi connectivity index (χ0) is 29.1. The Balaban J connectivity index is 0.000000415. The summed E-state index contributed by atoms with van der Waals surface area (Å²) in [7, 11) is -3.66. The quantitative estimate of drug-likeness (QED) is 0.196. The highest BCUT2D eigenvalue weighted by Gasteiger charge is 2.33. The van der Waals surface area contributed by atoms with E-state index >= 15 is 0 Å². The van der Waals surface area contributed by atoms with Crippen LogP contribution in [0.15, 0.2) is 83.6 Å². The number of nitrogens with two attached hydrogens (primary N) is 1. The molecule has 0 saturated carbocycles. The molecule has 40 heavy (non-hydrogen) atoms. The average molecular weight is 585 g/mol. The number of rotatable bonds is 10. The molecule has 1 amide bonds. The molecule has 0 spiro atoms. The van der Waals surface area contributed by atoms with Gasteiger partial charge in [-0.2, -0.15) is 0 Å². The van der Waals surface area contributed by atoms with Crippen LogP contribution in [0.1, 0.15) is 47.0 Å². The Morgan fingerprint density at radius 1 is 1.18 bits per heavy atom. The molecule has 2 aromatic carbocycles. The van der Waals surface area contributed by atoms with E-state index in [-0.39, 0.29) is 28.0 Å². The predicted octanol–water partition coefficient (Wildman–Crippen LogP) is 4.93. The van der Waals surface area contributed by atoms with Gasteiger partial charge in [0, 0.05) is 41.7 Å². The minimum atomic E-state index is -3.66. The summed E-state index contributed by atoms with van der Waals surface area (Å²) < 4.78 is 26.5. The van der Waals surface area contributed by atoms with E-state index in [1.54, 1.807) is 6.07 Å². The first kappa shape index (κ1) is 31.2. The first-order valence-corrected chi connectivity index (χ1v) is 15.5. The van der Waals surface area contributed by atoms with Crippen molar-refractivity contribution < 1.29 is 18.1 Å². The van der Waals surface area contributed by atoms with Crippen LogP contribution in [0.4, 0.5) is 5.69 Å². The van der Waals surface area contributed by atoms with Crippen molar-refractivity contribution in [1.29, 1.82) is 0 Å². The number of likely N-dealkylation sites (tertiary alicyclic amines) is 1. The smallest absolute Gasteiger partial charge is 0.270 e.